The molecule has 1 atom stereocenters. The van der Waals surface area contributed by atoms with Crippen LogP contribution in [-0.2, 0) is 4.79 Å². The molecule has 1 amide bonds. The number of carbonyl (C=O) groups is 2. The van der Waals surface area contributed by atoms with Gasteiger partial charge in [-0.05, 0) is 12.5 Å². The zero-order chi connectivity index (χ0) is 19.1. The van der Waals surface area contributed by atoms with Crippen molar-refractivity contribution in [1.82, 2.24) is 15.1 Å². The minimum absolute atomic E-state index is 0. The highest BCUT2D eigenvalue weighted by Crippen LogP contribution is 2.11. The Morgan fingerprint density at radius 2 is 1.36 bits per heavy atom. The second kappa shape index (κ2) is 11.0. The number of carbonyl (C=O) groups excluding carboxylic acids is 2. The summed E-state index contributed by atoms with van der Waals surface area (Å²) >= 11 is 0. The molecule has 3 rings (SSSR count). The molecule has 0 saturated carbocycles. The van der Waals surface area contributed by atoms with E-state index < -0.39 is 0 Å². The first kappa shape index (κ1) is 22.1. The van der Waals surface area contributed by atoms with E-state index in [0.29, 0.717) is 13.1 Å². The molecule has 0 spiro atoms. The summed E-state index contributed by atoms with van der Waals surface area (Å²) in [4.78, 5) is 28.9. The van der Waals surface area contributed by atoms with Crippen LogP contribution in [0.15, 0.2) is 60.7 Å². The van der Waals surface area contributed by atoms with Gasteiger partial charge in [0.05, 0.1) is 19.1 Å². The number of rotatable bonds is 7. The molecular formula is C22H28ClN3O2. The van der Waals surface area contributed by atoms with Crippen LogP contribution in [0.1, 0.15) is 28.9 Å². The van der Waals surface area contributed by atoms with Crippen molar-refractivity contribution < 1.29 is 9.59 Å². The standard InChI is InChI=1S/C22H27N3O2.ClH/c1-18(19-8-4-2-5-9-19)23-22(27)17-25-14-12-24(13-15-25)16-21(26)20-10-6-3-7-11-20;/h2-11,18H,12-17H2,1H3,(H,23,27);1H/t18-;/m1./s1. The minimum atomic E-state index is 0. The van der Waals surface area contributed by atoms with Gasteiger partial charge in [0.2, 0.25) is 5.91 Å². The molecule has 0 aromatic heterocycles. The topological polar surface area (TPSA) is 52.7 Å². The molecule has 1 aliphatic rings. The molecule has 2 aromatic rings. The SMILES string of the molecule is C[C@@H](NC(=O)CN1CCN(CC(=O)c2ccccc2)CC1)c1ccccc1.Cl. The fourth-order valence-electron chi connectivity index (χ4n) is 3.34. The summed E-state index contributed by atoms with van der Waals surface area (Å²) in [7, 11) is 0. The van der Waals surface area contributed by atoms with Gasteiger partial charge in [-0.3, -0.25) is 19.4 Å². The minimum Gasteiger partial charge on any atom is -0.348 e. The maximum Gasteiger partial charge on any atom is 0.234 e. The van der Waals surface area contributed by atoms with Gasteiger partial charge in [0, 0.05) is 31.7 Å². The number of hydrogen-bond acceptors (Lipinski definition) is 4. The quantitative estimate of drug-likeness (QED) is 0.725. The molecule has 0 unspecified atom stereocenters. The van der Waals surface area contributed by atoms with E-state index >= 15 is 0 Å². The van der Waals surface area contributed by atoms with Crippen molar-refractivity contribution in [3.8, 4) is 0 Å². The Bertz CT molecular complexity index is 747. The first-order valence-corrected chi connectivity index (χ1v) is 9.49. The Balaban J connectivity index is 0.00000280. The normalized spacial score (nSPS) is 16.0. The van der Waals surface area contributed by atoms with Crippen molar-refractivity contribution in [3.63, 3.8) is 0 Å². The number of nitrogens with one attached hydrogen (secondary N) is 1. The van der Waals surface area contributed by atoms with Crippen LogP contribution in [0.3, 0.4) is 0 Å². The highest BCUT2D eigenvalue weighted by molar-refractivity contribution is 5.97. The Morgan fingerprint density at radius 3 is 1.93 bits per heavy atom. The van der Waals surface area contributed by atoms with E-state index in [-0.39, 0.29) is 30.1 Å². The number of ketones is 1. The Labute approximate surface area is 173 Å². The summed E-state index contributed by atoms with van der Waals surface area (Å²) in [6, 6.07) is 19.4. The summed E-state index contributed by atoms with van der Waals surface area (Å²) in [6.45, 7) is 6.05. The van der Waals surface area contributed by atoms with E-state index in [4.69, 9.17) is 0 Å². The van der Waals surface area contributed by atoms with Gasteiger partial charge < -0.3 is 5.32 Å². The maximum atomic E-state index is 12.3. The summed E-state index contributed by atoms with van der Waals surface area (Å²) < 4.78 is 0. The molecule has 28 heavy (non-hydrogen) atoms. The van der Waals surface area contributed by atoms with E-state index in [1.807, 2.05) is 67.6 Å². The molecule has 1 heterocycles. The molecule has 0 radical (unpaired) electrons. The van der Waals surface area contributed by atoms with Crippen LogP contribution in [0, 0.1) is 0 Å². The number of hydrogen-bond donors (Lipinski definition) is 1. The van der Waals surface area contributed by atoms with E-state index in [1.165, 1.54) is 0 Å². The largest absolute Gasteiger partial charge is 0.348 e. The van der Waals surface area contributed by atoms with Gasteiger partial charge in [0.1, 0.15) is 0 Å². The number of halogens is 1. The smallest absolute Gasteiger partial charge is 0.234 e. The number of Topliss-reactive ketones (excluding diaryl/α,β-unsaturated/α-hetero) is 1. The fourth-order valence-corrected chi connectivity index (χ4v) is 3.34. The van der Waals surface area contributed by atoms with Gasteiger partial charge in [-0.15, -0.1) is 12.4 Å². The lowest BCUT2D eigenvalue weighted by Crippen LogP contribution is -2.50. The third-order valence-electron chi connectivity index (χ3n) is 4.97. The molecule has 5 nitrogen and oxygen atoms in total. The Morgan fingerprint density at radius 1 is 0.857 bits per heavy atom. The van der Waals surface area contributed by atoms with E-state index in [2.05, 4.69) is 15.1 Å². The summed E-state index contributed by atoms with van der Waals surface area (Å²) in [5.41, 5.74) is 1.87. The van der Waals surface area contributed by atoms with Crippen LogP contribution in [0.4, 0.5) is 0 Å². The molecule has 2 aromatic carbocycles. The Hall–Kier alpha value is -2.21. The number of amides is 1. The van der Waals surface area contributed by atoms with Crippen molar-refractivity contribution >= 4 is 24.1 Å². The van der Waals surface area contributed by atoms with E-state index in [0.717, 1.165) is 37.3 Å². The lowest BCUT2D eigenvalue weighted by Gasteiger charge is -2.34. The second-order valence-electron chi connectivity index (χ2n) is 7.04. The third kappa shape index (κ3) is 6.44. The van der Waals surface area contributed by atoms with Crippen LogP contribution in [-0.4, -0.2) is 60.8 Å². The lowest BCUT2D eigenvalue weighted by molar-refractivity contribution is -0.123. The van der Waals surface area contributed by atoms with E-state index in [9.17, 15) is 9.59 Å². The first-order valence-electron chi connectivity index (χ1n) is 9.49. The number of piperazine rings is 1. The molecule has 150 valence electrons. The highest BCUT2D eigenvalue weighted by atomic mass is 35.5. The van der Waals surface area contributed by atoms with Crippen molar-refractivity contribution in [3.05, 3.63) is 71.8 Å². The van der Waals surface area contributed by atoms with Gasteiger partial charge in [-0.1, -0.05) is 60.7 Å². The van der Waals surface area contributed by atoms with Gasteiger partial charge in [-0.2, -0.15) is 0 Å². The molecule has 0 aliphatic carbocycles. The zero-order valence-electron chi connectivity index (χ0n) is 16.2. The molecular weight excluding hydrogens is 374 g/mol. The molecule has 1 fully saturated rings. The third-order valence-corrected chi connectivity index (χ3v) is 4.97. The average molecular weight is 402 g/mol. The van der Waals surface area contributed by atoms with Crippen LogP contribution in [0.2, 0.25) is 0 Å². The number of benzene rings is 2. The van der Waals surface area contributed by atoms with Crippen LogP contribution in [0.25, 0.3) is 0 Å². The van der Waals surface area contributed by atoms with Gasteiger partial charge in [-0.25, -0.2) is 0 Å². The summed E-state index contributed by atoms with van der Waals surface area (Å²) in [5, 5.41) is 3.06. The maximum absolute atomic E-state index is 12.3. The highest BCUT2D eigenvalue weighted by Gasteiger charge is 2.21. The van der Waals surface area contributed by atoms with Gasteiger partial charge >= 0.3 is 0 Å². The van der Waals surface area contributed by atoms with Crippen molar-refractivity contribution in [2.75, 3.05) is 39.3 Å². The van der Waals surface area contributed by atoms with Gasteiger partial charge in [0.15, 0.2) is 5.78 Å². The Kier molecular flexibility index (Phi) is 8.64. The van der Waals surface area contributed by atoms with Gasteiger partial charge in [0.25, 0.3) is 0 Å². The van der Waals surface area contributed by atoms with Crippen molar-refractivity contribution in [2.45, 2.75) is 13.0 Å². The molecule has 1 aliphatic heterocycles. The molecule has 6 heteroatoms. The monoisotopic (exact) mass is 401 g/mol. The van der Waals surface area contributed by atoms with Crippen molar-refractivity contribution in [1.29, 1.82) is 0 Å². The van der Waals surface area contributed by atoms with Crippen LogP contribution < -0.4 is 5.32 Å². The molecule has 1 saturated heterocycles. The predicted octanol–water partition coefficient (Wildman–Crippen LogP) is 2.79. The lowest BCUT2D eigenvalue weighted by atomic mass is 10.1. The molecule has 1 N–H and O–H groups in total. The van der Waals surface area contributed by atoms with E-state index in [1.54, 1.807) is 0 Å². The predicted molar refractivity (Wildman–Crippen MR) is 114 cm³/mol. The molecule has 0 bridgehead atoms. The number of nitrogens with zero attached hydrogens (tertiary/aromatic N) is 2. The van der Waals surface area contributed by atoms with Crippen molar-refractivity contribution in [2.24, 2.45) is 0 Å². The second-order valence-corrected chi connectivity index (χ2v) is 7.04. The summed E-state index contributed by atoms with van der Waals surface area (Å²) in [6.07, 6.45) is 0. The fraction of sp³-hybridized carbons (Fsp3) is 0.364. The van der Waals surface area contributed by atoms with Crippen LogP contribution in [0.5, 0.6) is 0 Å². The van der Waals surface area contributed by atoms with Crippen LogP contribution >= 0.6 is 12.4 Å². The average Bonchev–Trinajstić information content (AvgIpc) is 2.70. The summed E-state index contributed by atoms with van der Waals surface area (Å²) in [5.74, 6) is 0.193. The first-order chi connectivity index (χ1) is 13.1. The zero-order valence-corrected chi connectivity index (χ0v) is 17.0.